The zero-order valence-corrected chi connectivity index (χ0v) is 18.1. The molecule has 0 spiro atoms. The zero-order chi connectivity index (χ0) is 20.7. The van der Waals surface area contributed by atoms with Crippen molar-refractivity contribution in [3.8, 4) is 0 Å². The summed E-state index contributed by atoms with van der Waals surface area (Å²) in [5, 5.41) is 6.35. The van der Waals surface area contributed by atoms with E-state index in [-0.39, 0.29) is 17.9 Å². The first-order chi connectivity index (χ1) is 14.6. The Morgan fingerprint density at radius 2 is 2.00 bits per heavy atom. The first-order valence-electron chi connectivity index (χ1n) is 10.8. The number of carbonyl (C=O) groups is 2. The normalized spacial score (nSPS) is 21.9. The molecule has 0 saturated heterocycles. The molecule has 0 radical (unpaired) electrons. The first-order valence-corrected chi connectivity index (χ1v) is 11.7. The van der Waals surface area contributed by atoms with Crippen LogP contribution in [0.1, 0.15) is 48.0 Å². The molecule has 5 rings (SSSR count). The summed E-state index contributed by atoms with van der Waals surface area (Å²) in [4.78, 5) is 30.2. The van der Waals surface area contributed by atoms with Crippen LogP contribution in [0.4, 0.5) is 0 Å². The third-order valence-corrected chi connectivity index (χ3v) is 7.61. The second kappa shape index (κ2) is 7.58. The van der Waals surface area contributed by atoms with Gasteiger partial charge in [-0.25, -0.2) is 0 Å². The van der Waals surface area contributed by atoms with Gasteiger partial charge >= 0.3 is 0 Å². The minimum absolute atomic E-state index is 0.0302. The maximum absolute atomic E-state index is 13.6. The van der Waals surface area contributed by atoms with E-state index < -0.39 is 5.54 Å². The Balaban J connectivity index is 1.52. The fourth-order valence-corrected chi connectivity index (χ4v) is 5.64. The summed E-state index contributed by atoms with van der Waals surface area (Å²) in [6.07, 6.45) is 5.14. The van der Waals surface area contributed by atoms with Crippen molar-refractivity contribution < 1.29 is 9.59 Å². The number of amides is 2. The topological polar surface area (TPSA) is 54.3 Å². The summed E-state index contributed by atoms with van der Waals surface area (Å²) >= 11 is 1.69. The second-order valence-corrected chi connectivity index (χ2v) is 9.72. The molecule has 1 aromatic carbocycles. The van der Waals surface area contributed by atoms with Crippen molar-refractivity contribution in [2.24, 2.45) is 0 Å². The van der Waals surface area contributed by atoms with Crippen LogP contribution in [0.5, 0.6) is 0 Å². The number of nitrogens with one attached hydrogen (secondary N) is 1. The summed E-state index contributed by atoms with van der Waals surface area (Å²) in [5.74, 6) is -0.0876. The van der Waals surface area contributed by atoms with E-state index in [1.165, 1.54) is 4.88 Å². The standard InChI is InChI=1S/C24H27N3O2S/c1-24(23(29)25-18-8-3-4-9-18)16-26-20-11-5-2-7-17(20)15-21(26)22(28)27(24)13-12-19-10-6-14-30-19/h2,5-7,10-11,14-15,18H,3-4,8-9,12-13,16H2,1H3,(H,25,29). The van der Waals surface area contributed by atoms with Gasteiger partial charge < -0.3 is 14.8 Å². The number of benzene rings is 1. The van der Waals surface area contributed by atoms with Gasteiger partial charge in [0.15, 0.2) is 0 Å². The van der Waals surface area contributed by atoms with Crippen molar-refractivity contribution in [1.82, 2.24) is 14.8 Å². The molecule has 1 unspecified atom stereocenters. The molecule has 3 heterocycles. The largest absolute Gasteiger partial charge is 0.351 e. The Bertz CT molecular complexity index is 1080. The van der Waals surface area contributed by atoms with Crippen molar-refractivity contribution in [2.45, 2.75) is 57.2 Å². The van der Waals surface area contributed by atoms with E-state index in [4.69, 9.17) is 0 Å². The lowest BCUT2D eigenvalue weighted by Gasteiger charge is -2.44. The predicted octanol–water partition coefficient (Wildman–Crippen LogP) is 4.22. The van der Waals surface area contributed by atoms with Gasteiger partial charge in [0.1, 0.15) is 11.2 Å². The number of para-hydroxylation sites is 1. The van der Waals surface area contributed by atoms with Crippen molar-refractivity contribution in [3.05, 3.63) is 58.4 Å². The SMILES string of the molecule is CC1(C(=O)NC2CCCC2)Cn2c(cc3ccccc32)C(=O)N1CCc1cccs1. The molecule has 1 fully saturated rings. The number of hydrogen-bond acceptors (Lipinski definition) is 3. The third kappa shape index (κ3) is 3.23. The monoisotopic (exact) mass is 421 g/mol. The van der Waals surface area contributed by atoms with Crippen molar-refractivity contribution in [3.63, 3.8) is 0 Å². The van der Waals surface area contributed by atoms with Gasteiger partial charge in [0.05, 0.1) is 6.54 Å². The minimum Gasteiger partial charge on any atom is -0.351 e. The average Bonchev–Trinajstić information content (AvgIpc) is 3.49. The van der Waals surface area contributed by atoms with Gasteiger partial charge in [-0.1, -0.05) is 37.1 Å². The highest BCUT2D eigenvalue weighted by Crippen LogP contribution is 2.33. The summed E-state index contributed by atoms with van der Waals surface area (Å²) in [6.45, 7) is 2.95. The summed E-state index contributed by atoms with van der Waals surface area (Å²) < 4.78 is 2.04. The van der Waals surface area contributed by atoms with Crippen LogP contribution >= 0.6 is 11.3 Å². The molecule has 1 atom stereocenters. The Labute approximate surface area is 180 Å². The van der Waals surface area contributed by atoms with E-state index in [0.717, 1.165) is 43.0 Å². The third-order valence-electron chi connectivity index (χ3n) is 6.68. The van der Waals surface area contributed by atoms with Gasteiger partial charge in [0, 0.05) is 28.4 Å². The van der Waals surface area contributed by atoms with Gasteiger partial charge in [0.2, 0.25) is 5.91 Å². The molecular weight excluding hydrogens is 394 g/mol. The molecule has 1 aliphatic heterocycles. The quantitative estimate of drug-likeness (QED) is 0.671. The Morgan fingerprint density at radius 3 is 2.77 bits per heavy atom. The fourth-order valence-electron chi connectivity index (χ4n) is 4.94. The van der Waals surface area contributed by atoms with Gasteiger partial charge in [-0.15, -0.1) is 11.3 Å². The van der Waals surface area contributed by atoms with Crippen molar-refractivity contribution >= 4 is 34.1 Å². The molecule has 1 saturated carbocycles. The van der Waals surface area contributed by atoms with Crippen LogP contribution in [0.2, 0.25) is 0 Å². The maximum Gasteiger partial charge on any atom is 0.271 e. The van der Waals surface area contributed by atoms with Gasteiger partial charge in [-0.2, -0.15) is 0 Å². The molecule has 0 bridgehead atoms. The minimum atomic E-state index is -0.911. The predicted molar refractivity (Wildman–Crippen MR) is 120 cm³/mol. The number of hydrogen-bond donors (Lipinski definition) is 1. The van der Waals surface area contributed by atoms with Crippen LogP contribution < -0.4 is 5.32 Å². The van der Waals surface area contributed by atoms with E-state index in [9.17, 15) is 9.59 Å². The van der Waals surface area contributed by atoms with Gasteiger partial charge in [0.25, 0.3) is 5.91 Å². The molecule has 6 heteroatoms. The Kier molecular flexibility index (Phi) is 4.89. The Hall–Kier alpha value is -2.60. The number of rotatable bonds is 5. The fraction of sp³-hybridized carbons (Fsp3) is 0.417. The number of thiophene rings is 1. The van der Waals surface area contributed by atoms with Crippen LogP contribution in [0.25, 0.3) is 10.9 Å². The molecule has 2 amide bonds. The summed E-state index contributed by atoms with van der Waals surface area (Å²) in [7, 11) is 0. The van der Waals surface area contributed by atoms with Crippen molar-refractivity contribution in [1.29, 1.82) is 0 Å². The lowest BCUT2D eigenvalue weighted by atomic mass is 9.93. The number of fused-ring (bicyclic) bond motifs is 3. The summed E-state index contributed by atoms with van der Waals surface area (Å²) in [5.41, 5.74) is 0.776. The lowest BCUT2D eigenvalue weighted by molar-refractivity contribution is -0.133. The zero-order valence-electron chi connectivity index (χ0n) is 17.3. The van der Waals surface area contributed by atoms with Crippen LogP contribution in [-0.2, 0) is 17.8 Å². The lowest BCUT2D eigenvalue weighted by Crippen LogP contribution is -2.65. The van der Waals surface area contributed by atoms with Crippen LogP contribution in [0, 0.1) is 0 Å². The van der Waals surface area contributed by atoms with Crippen molar-refractivity contribution in [2.75, 3.05) is 6.54 Å². The van der Waals surface area contributed by atoms with Crippen LogP contribution in [0.15, 0.2) is 47.8 Å². The van der Waals surface area contributed by atoms with Gasteiger partial charge in [-0.3, -0.25) is 9.59 Å². The molecule has 1 N–H and O–H groups in total. The molecule has 156 valence electrons. The second-order valence-electron chi connectivity index (χ2n) is 8.69. The van der Waals surface area contributed by atoms with Gasteiger partial charge in [-0.05, 0) is 49.8 Å². The smallest absolute Gasteiger partial charge is 0.271 e. The highest BCUT2D eigenvalue weighted by molar-refractivity contribution is 7.09. The van der Waals surface area contributed by atoms with Crippen LogP contribution in [0.3, 0.4) is 0 Å². The van der Waals surface area contributed by atoms with Crippen LogP contribution in [-0.4, -0.2) is 39.4 Å². The number of carbonyl (C=O) groups excluding carboxylic acids is 2. The average molecular weight is 422 g/mol. The Morgan fingerprint density at radius 1 is 1.20 bits per heavy atom. The molecule has 1 aliphatic carbocycles. The molecule has 2 aromatic heterocycles. The van der Waals surface area contributed by atoms with E-state index in [1.807, 2.05) is 52.8 Å². The first kappa shape index (κ1) is 19.4. The number of aromatic nitrogens is 1. The molecule has 30 heavy (non-hydrogen) atoms. The van der Waals surface area contributed by atoms with E-state index >= 15 is 0 Å². The highest BCUT2D eigenvalue weighted by atomic mass is 32.1. The molecular formula is C24H27N3O2S. The molecule has 2 aliphatic rings. The van der Waals surface area contributed by atoms with E-state index in [0.29, 0.717) is 18.8 Å². The maximum atomic E-state index is 13.6. The number of nitrogens with zero attached hydrogens (tertiary/aromatic N) is 2. The molecule has 3 aromatic rings. The molecule has 5 nitrogen and oxygen atoms in total. The van der Waals surface area contributed by atoms with E-state index in [2.05, 4.69) is 16.8 Å². The van der Waals surface area contributed by atoms with E-state index in [1.54, 1.807) is 11.3 Å². The highest BCUT2D eigenvalue weighted by Gasteiger charge is 2.48. The summed E-state index contributed by atoms with van der Waals surface area (Å²) in [6, 6.07) is 14.3.